The predicted octanol–water partition coefficient (Wildman–Crippen LogP) is 2.80. The molecule has 1 heterocycles. The summed E-state index contributed by atoms with van der Waals surface area (Å²) in [5.41, 5.74) is 2.77. The molecule has 19 heavy (non-hydrogen) atoms. The Kier molecular flexibility index (Phi) is 4.48. The average molecular weight is 262 g/mol. The highest BCUT2D eigenvalue weighted by atomic mass is 16.5. The van der Waals surface area contributed by atoms with Crippen molar-refractivity contribution in [2.45, 2.75) is 45.8 Å². The number of morpholine rings is 1. The Hall–Kier alpha value is -1.06. The van der Waals surface area contributed by atoms with Crippen LogP contribution in [0.5, 0.6) is 0 Å². The second-order valence-electron chi connectivity index (χ2n) is 6.18. The monoisotopic (exact) mass is 262 g/mol. The Morgan fingerprint density at radius 3 is 2.74 bits per heavy atom. The van der Waals surface area contributed by atoms with Gasteiger partial charge in [-0.25, -0.2) is 0 Å². The third-order valence-corrected chi connectivity index (χ3v) is 3.63. The fourth-order valence-electron chi connectivity index (χ4n) is 2.54. The van der Waals surface area contributed by atoms with E-state index in [-0.39, 0.29) is 5.54 Å². The highest BCUT2D eigenvalue weighted by Gasteiger charge is 2.31. The van der Waals surface area contributed by atoms with E-state index in [9.17, 15) is 0 Å². The van der Waals surface area contributed by atoms with Gasteiger partial charge in [-0.1, -0.05) is 32.0 Å². The van der Waals surface area contributed by atoms with Gasteiger partial charge in [0.15, 0.2) is 0 Å². The van der Waals surface area contributed by atoms with Crippen LogP contribution in [0.4, 0.5) is 5.69 Å². The molecule has 0 unspecified atom stereocenters. The molecule has 1 aromatic rings. The molecule has 1 aliphatic heterocycles. The van der Waals surface area contributed by atoms with Crippen LogP contribution in [0.3, 0.4) is 0 Å². The lowest BCUT2D eigenvalue weighted by Gasteiger charge is -2.44. The molecule has 1 aliphatic rings. The van der Waals surface area contributed by atoms with Crippen LogP contribution in [0.25, 0.3) is 0 Å². The number of hydrogen-bond acceptors (Lipinski definition) is 3. The molecular formula is C16H26N2O. The molecule has 2 rings (SSSR count). The summed E-state index contributed by atoms with van der Waals surface area (Å²) < 4.78 is 5.62. The van der Waals surface area contributed by atoms with Gasteiger partial charge >= 0.3 is 0 Å². The van der Waals surface area contributed by atoms with Gasteiger partial charge in [-0.15, -0.1) is 0 Å². The van der Waals surface area contributed by atoms with Crippen LogP contribution in [0.1, 0.15) is 33.3 Å². The van der Waals surface area contributed by atoms with E-state index in [0.717, 1.165) is 26.3 Å². The molecular weight excluding hydrogens is 236 g/mol. The van der Waals surface area contributed by atoms with Crippen molar-refractivity contribution in [2.24, 2.45) is 0 Å². The van der Waals surface area contributed by atoms with E-state index in [0.29, 0.717) is 6.04 Å². The molecule has 1 N–H and O–H groups in total. The lowest BCUT2D eigenvalue weighted by Crippen LogP contribution is -2.53. The molecule has 106 valence electrons. The zero-order valence-electron chi connectivity index (χ0n) is 12.6. The van der Waals surface area contributed by atoms with Crippen molar-refractivity contribution < 1.29 is 4.74 Å². The molecule has 0 atom stereocenters. The Bertz CT molecular complexity index is 415. The minimum Gasteiger partial charge on any atom is -0.377 e. The van der Waals surface area contributed by atoms with E-state index in [1.165, 1.54) is 11.3 Å². The maximum absolute atomic E-state index is 5.62. The maximum Gasteiger partial charge on any atom is 0.0694 e. The standard InChI is InChI=1S/C16H26N2O/c1-13(2)17-11-14-7-5-6-8-15(14)18-9-10-19-12-16(18,3)4/h5-8,13,17H,9-12H2,1-4H3. The van der Waals surface area contributed by atoms with E-state index in [1.54, 1.807) is 0 Å². The molecule has 0 aromatic heterocycles. The summed E-state index contributed by atoms with van der Waals surface area (Å²) in [6.45, 7) is 12.3. The highest BCUT2D eigenvalue weighted by Crippen LogP contribution is 2.29. The van der Waals surface area contributed by atoms with E-state index in [2.05, 4.69) is 62.2 Å². The predicted molar refractivity (Wildman–Crippen MR) is 80.7 cm³/mol. The normalized spacial score (nSPS) is 18.9. The molecule has 3 nitrogen and oxygen atoms in total. The Labute approximate surface area is 116 Å². The molecule has 0 bridgehead atoms. The van der Waals surface area contributed by atoms with Crippen LogP contribution < -0.4 is 10.2 Å². The van der Waals surface area contributed by atoms with Crippen molar-refractivity contribution in [3.63, 3.8) is 0 Å². The number of benzene rings is 1. The van der Waals surface area contributed by atoms with Gasteiger partial charge in [0.25, 0.3) is 0 Å². The van der Waals surface area contributed by atoms with Crippen molar-refractivity contribution in [1.29, 1.82) is 0 Å². The summed E-state index contributed by atoms with van der Waals surface area (Å²) in [6, 6.07) is 9.19. The summed E-state index contributed by atoms with van der Waals surface area (Å²) in [4.78, 5) is 2.48. The van der Waals surface area contributed by atoms with Crippen molar-refractivity contribution in [2.75, 3.05) is 24.7 Å². The summed E-state index contributed by atoms with van der Waals surface area (Å²) in [7, 11) is 0. The average Bonchev–Trinajstić information content (AvgIpc) is 2.36. The molecule has 1 aromatic carbocycles. The Morgan fingerprint density at radius 2 is 2.05 bits per heavy atom. The number of anilines is 1. The fourth-order valence-corrected chi connectivity index (χ4v) is 2.54. The van der Waals surface area contributed by atoms with Gasteiger partial charge in [-0.2, -0.15) is 0 Å². The molecule has 0 spiro atoms. The van der Waals surface area contributed by atoms with Gasteiger partial charge < -0.3 is 15.0 Å². The van der Waals surface area contributed by atoms with E-state index < -0.39 is 0 Å². The van der Waals surface area contributed by atoms with Crippen LogP contribution in [0, 0.1) is 0 Å². The first-order chi connectivity index (χ1) is 9.00. The molecule has 1 saturated heterocycles. The van der Waals surface area contributed by atoms with Crippen LogP contribution in [-0.4, -0.2) is 31.3 Å². The SMILES string of the molecule is CC(C)NCc1ccccc1N1CCOCC1(C)C. The van der Waals surface area contributed by atoms with E-state index >= 15 is 0 Å². The highest BCUT2D eigenvalue weighted by molar-refractivity contribution is 5.56. The number of nitrogens with one attached hydrogen (secondary N) is 1. The number of para-hydroxylation sites is 1. The van der Waals surface area contributed by atoms with Gasteiger partial charge in [0.2, 0.25) is 0 Å². The number of ether oxygens (including phenoxy) is 1. The smallest absolute Gasteiger partial charge is 0.0694 e. The Balaban J connectivity index is 2.23. The first kappa shape index (κ1) is 14.4. The zero-order valence-corrected chi connectivity index (χ0v) is 12.6. The van der Waals surface area contributed by atoms with Gasteiger partial charge in [0.05, 0.1) is 18.8 Å². The molecule has 0 radical (unpaired) electrons. The lowest BCUT2D eigenvalue weighted by molar-refractivity contribution is 0.0643. The molecule has 0 amide bonds. The third-order valence-electron chi connectivity index (χ3n) is 3.63. The van der Waals surface area contributed by atoms with Crippen molar-refractivity contribution in [1.82, 2.24) is 5.32 Å². The summed E-state index contributed by atoms with van der Waals surface area (Å²) in [5.74, 6) is 0. The molecule has 0 saturated carbocycles. The molecule has 1 fully saturated rings. The van der Waals surface area contributed by atoms with Crippen LogP contribution >= 0.6 is 0 Å². The van der Waals surface area contributed by atoms with Gasteiger partial charge in [-0.3, -0.25) is 0 Å². The first-order valence-electron chi connectivity index (χ1n) is 7.17. The minimum absolute atomic E-state index is 0.0617. The van der Waals surface area contributed by atoms with Gasteiger partial charge in [0, 0.05) is 24.8 Å². The molecule has 0 aliphatic carbocycles. The zero-order chi connectivity index (χ0) is 13.9. The maximum atomic E-state index is 5.62. The van der Waals surface area contributed by atoms with Crippen LogP contribution in [0.15, 0.2) is 24.3 Å². The van der Waals surface area contributed by atoms with E-state index in [1.807, 2.05) is 0 Å². The topological polar surface area (TPSA) is 24.5 Å². The van der Waals surface area contributed by atoms with E-state index in [4.69, 9.17) is 4.74 Å². The Morgan fingerprint density at radius 1 is 1.32 bits per heavy atom. The fraction of sp³-hybridized carbons (Fsp3) is 0.625. The number of hydrogen-bond donors (Lipinski definition) is 1. The third kappa shape index (κ3) is 3.48. The second kappa shape index (κ2) is 5.93. The van der Waals surface area contributed by atoms with Crippen molar-refractivity contribution >= 4 is 5.69 Å². The summed E-state index contributed by atoms with van der Waals surface area (Å²) in [5, 5.41) is 3.51. The van der Waals surface area contributed by atoms with Gasteiger partial charge in [-0.05, 0) is 25.5 Å². The largest absolute Gasteiger partial charge is 0.377 e. The quantitative estimate of drug-likeness (QED) is 0.903. The first-order valence-corrected chi connectivity index (χ1v) is 7.17. The van der Waals surface area contributed by atoms with Crippen LogP contribution in [-0.2, 0) is 11.3 Å². The van der Waals surface area contributed by atoms with Gasteiger partial charge in [0.1, 0.15) is 0 Å². The summed E-state index contributed by atoms with van der Waals surface area (Å²) in [6.07, 6.45) is 0. The van der Waals surface area contributed by atoms with Crippen LogP contribution in [0.2, 0.25) is 0 Å². The number of rotatable bonds is 4. The molecule has 3 heteroatoms. The second-order valence-corrected chi connectivity index (χ2v) is 6.18. The minimum atomic E-state index is 0.0617. The lowest BCUT2D eigenvalue weighted by atomic mass is 9.99. The summed E-state index contributed by atoms with van der Waals surface area (Å²) >= 11 is 0. The van der Waals surface area contributed by atoms with Crippen molar-refractivity contribution in [3.8, 4) is 0 Å². The van der Waals surface area contributed by atoms with Crippen molar-refractivity contribution in [3.05, 3.63) is 29.8 Å². The number of nitrogens with zero attached hydrogens (tertiary/aromatic N) is 1.